The van der Waals surface area contributed by atoms with Crippen LogP contribution in [0.3, 0.4) is 0 Å². The first-order valence-electron chi connectivity index (χ1n) is 6.46. The molecular formula is C14H19ClN2OS. The molecule has 1 aromatic rings. The summed E-state index contributed by atoms with van der Waals surface area (Å²) in [5, 5.41) is 0.615. The van der Waals surface area contributed by atoms with E-state index in [1.54, 1.807) is 0 Å². The van der Waals surface area contributed by atoms with Crippen molar-refractivity contribution in [3.05, 3.63) is 28.8 Å². The molecule has 0 atom stereocenters. The Hall–Kier alpha value is -0.840. The summed E-state index contributed by atoms with van der Waals surface area (Å²) in [6.45, 7) is 2.69. The highest BCUT2D eigenvalue weighted by atomic mass is 35.5. The van der Waals surface area contributed by atoms with Gasteiger partial charge in [0, 0.05) is 32.5 Å². The molecule has 19 heavy (non-hydrogen) atoms. The fourth-order valence-electron chi connectivity index (χ4n) is 2.49. The second kappa shape index (κ2) is 6.55. The molecule has 3 nitrogen and oxygen atoms in total. The third kappa shape index (κ3) is 3.59. The molecule has 2 rings (SSSR count). The van der Waals surface area contributed by atoms with Crippen LogP contribution in [0.5, 0.6) is 0 Å². The molecule has 0 radical (unpaired) electrons. The molecule has 0 spiro atoms. The number of anilines is 1. The van der Waals surface area contributed by atoms with Gasteiger partial charge in [-0.3, -0.25) is 0 Å². The second-order valence-corrected chi connectivity index (χ2v) is 5.78. The summed E-state index contributed by atoms with van der Waals surface area (Å²) >= 11 is 11.3. The maximum atomic E-state index is 6.20. The first-order chi connectivity index (χ1) is 9.09. The predicted molar refractivity (Wildman–Crippen MR) is 84.2 cm³/mol. The SMILES string of the molecule is CN(CC1CCOCC1)c1cccc(Cl)c1C(N)=S. The molecule has 0 amide bonds. The lowest BCUT2D eigenvalue weighted by molar-refractivity contribution is 0.0685. The second-order valence-electron chi connectivity index (χ2n) is 4.93. The molecular weight excluding hydrogens is 280 g/mol. The van der Waals surface area contributed by atoms with Crippen molar-refractivity contribution in [2.75, 3.05) is 31.7 Å². The number of nitrogens with zero attached hydrogens (tertiary/aromatic N) is 1. The Bertz CT molecular complexity index is 461. The van der Waals surface area contributed by atoms with Gasteiger partial charge in [-0.25, -0.2) is 0 Å². The smallest absolute Gasteiger partial charge is 0.107 e. The summed E-state index contributed by atoms with van der Waals surface area (Å²) in [6, 6.07) is 5.77. The summed E-state index contributed by atoms with van der Waals surface area (Å²) in [5.41, 5.74) is 7.56. The summed E-state index contributed by atoms with van der Waals surface area (Å²) < 4.78 is 5.39. The molecule has 0 bridgehead atoms. The maximum absolute atomic E-state index is 6.20. The van der Waals surface area contributed by atoms with E-state index in [-0.39, 0.29) is 0 Å². The van der Waals surface area contributed by atoms with Gasteiger partial charge >= 0.3 is 0 Å². The van der Waals surface area contributed by atoms with Gasteiger partial charge < -0.3 is 15.4 Å². The van der Waals surface area contributed by atoms with Crippen molar-refractivity contribution in [2.24, 2.45) is 11.7 Å². The largest absolute Gasteiger partial charge is 0.389 e. The van der Waals surface area contributed by atoms with Gasteiger partial charge in [-0.15, -0.1) is 0 Å². The molecule has 0 aromatic heterocycles. The normalized spacial score (nSPS) is 16.3. The molecule has 1 aromatic carbocycles. The Kier molecular flexibility index (Phi) is 5.02. The molecule has 1 fully saturated rings. The fourth-order valence-corrected chi connectivity index (χ4v) is 3.03. The fraction of sp³-hybridized carbons (Fsp3) is 0.500. The molecule has 2 N–H and O–H groups in total. The number of benzene rings is 1. The lowest BCUT2D eigenvalue weighted by Gasteiger charge is -2.29. The third-order valence-electron chi connectivity index (χ3n) is 3.52. The Morgan fingerprint density at radius 1 is 1.47 bits per heavy atom. The molecule has 5 heteroatoms. The minimum absolute atomic E-state index is 0.347. The standard InChI is InChI=1S/C14H19ClN2OS/c1-17(9-10-5-7-18-8-6-10)12-4-2-3-11(15)13(12)14(16)19/h2-4,10H,5-9H2,1H3,(H2,16,19). The lowest BCUT2D eigenvalue weighted by Crippen LogP contribution is -2.31. The Labute approximate surface area is 124 Å². The van der Waals surface area contributed by atoms with Crippen molar-refractivity contribution in [1.29, 1.82) is 0 Å². The van der Waals surface area contributed by atoms with Crippen LogP contribution < -0.4 is 10.6 Å². The van der Waals surface area contributed by atoms with E-state index in [0.717, 1.165) is 43.9 Å². The number of halogens is 1. The van der Waals surface area contributed by atoms with Gasteiger partial charge in [-0.05, 0) is 30.9 Å². The van der Waals surface area contributed by atoms with Crippen LogP contribution in [0.15, 0.2) is 18.2 Å². The molecule has 1 saturated heterocycles. The summed E-state index contributed by atoms with van der Waals surface area (Å²) in [7, 11) is 2.06. The van der Waals surface area contributed by atoms with Crippen molar-refractivity contribution in [1.82, 2.24) is 0 Å². The van der Waals surface area contributed by atoms with E-state index >= 15 is 0 Å². The van der Waals surface area contributed by atoms with E-state index in [1.165, 1.54) is 0 Å². The van der Waals surface area contributed by atoms with Gasteiger partial charge in [0.05, 0.1) is 10.6 Å². The molecule has 1 aliphatic heterocycles. The highest BCUT2D eigenvalue weighted by Gasteiger charge is 2.19. The topological polar surface area (TPSA) is 38.5 Å². The van der Waals surface area contributed by atoms with Gasteiger partial charge in [-0.1, -0.05) is 29.9 Å². The average Bonchev–Trinajstić information content (AvgIpc) is 2.39. The number of hydrogen-bond donors (Lipinski definition) is 1. The first kappa shape index (κ1) is 14.6. The zero-order valence-electron chi connectivity index (χ0n) is 11.1. The van der Waals surface area contributed by atoms with Gasteiger partial charge in [0.2, 0.25) is 0 Å². The van der Waals surface area contributed by atoms with Crippen molar-refractivity contribution in [3.63, 3.8) is 0 Å². The Morgan fingerprint density at radius 2 is 2.16 bits per heavy atom. The van der Waals surface area contributed by atoms with E-state index in [9.17, 15) is 0 Å². The van der Waals surface area contributed by atoms with Crippen LogP contribution in [0.2, 0.25) is 5.02 Å². The molecule has 0 unspecified atom stereocenters. The summed E-state index contributed by atoms with van der Waals surface area (Å²) in [5.74, 6) is 0.650. The minimum atomic E-state index is 0.347. The van der Waals surface area contributed by atoms with E-state index in [0.29, 0.717) is 15.9 Å². The molecule has 1 aliphatic rings. The van der Waals surface area contributed by atoms with Crippen LogP contribution in [-0.2, 0) is 4.74 Å². The van der Waals surface area contributed by atoms with Crippen LogP contribution >= 0.6 is 23.8 Å². The van der Waals surface area contributed by atoms with Gasteiger partial charge in [-0.2, -0.15) is 0 Å². The lowest BCUT2D eigenvalue weighted by atomic mass is 9.99. The summed E-state index contributed by atoms with van der Waals surface area (Å²) in [6.07, 6.45) is 2.21. The van der Waals surface area contributed by atoms with Gasteiger partial charge in [0.25, 0.3) is 0 Å². The van der Waals surface area contributed by atoms with Crippen LogP contribution in [0.4, 0.5) is 5.69 Å². The minimum Gasteiger partial charge on any atom is -0.389 e. The molecule has 1 heterocycles. The highest BCUT2D eigenvalue weighted by Crippen LogP contribution is 2.28. The Morgan fingerprint density at radius 3 is 2.79 bits per heavy atom. The van der Waals surface area contributed by atoms with Crippen molar-refractivity contribution >= 4 is 34.5 Å². The number of nitrogens with two attached hydrogens (primary N) is 1. The molecule has 104 valence electrons. The van der Waals surface area contributed by atoms with Gasteiger partial charge in [0.1, 0.15) is 4.99 Å². The molecule has 0 saturated carbocycles. The average molecular weight is 299 g/mol. The number of ether oxygens (including phenoxy) is 1. The summed E-state index contributed by atoms with van der Waals surface area (Å²) in [4.78, 5) is 2.54. The third-order valence-corrected chi connectivity index (χ3v) is 4.04. The van der Waals surface area contributed by atoms with Crippen LogP contribution in [0.1, 0.15) is 18.4 Å². The van der Waals surface area contributed by atoms with Crippen molar-refractivity contribution in [2.45, 2.75) is 12.8 Å². The Balaban J connectivity index is 2.16. The van der Waals surface area contributed by atoms with Crippen LogP contribution in [-0.4, -0.2) is 31.8 Å². The zero-order chi connectivity index (χ0) is 13.8. The number of thiocarbonyl (C=S) groups is 1. The van der Waals surface area contributed by atoms with Crippen molar-refractivity contribution < 1.29 is 4.74 Å². The van der Waals surface area contributed by atoms with E-state index in [1.807, 2.05) is 18.2 Å². The quantitative estimate of drug-likeness (QED) is 0.868. The van der Waals surface area contributed by atoms with Crippen LogP contribution in [0.25, 0.3) is 0 Å². The highest BCUT2D eigenvalue weighted by molar-refractivity contribution is 7.80. The first-order valence-corrected chi connectivity index (χ1v) is 7.25. The van der Waals surface area contributed by atoms with E-state index in [2.05, 4.69) is 11.9 Å². The predicted octanol–water partition coefficient (Wildman–Crippen LogP) is 2.84. The number of hydrogen-bond acceptors (Lipinski definition) is 3. The monoisotopic (exact) mass is 298 g/mol. The van der Waals surface area contributed by atoms with Crippen LogP contribution in [0, 0.1) is 5.92 Å². The number of rotatable bonds is 4. The van der Waals surface area contributed by atoms with Crippen molar-refractivity contribution in [3.8, 4) is 0 Å². The van der Waals surface area contributed by atoms with E-state index < -0.39 is 0 Å². The molecule has 0 aliphatic carbocycles. The maximum Gasteiger partial charge on any atom is 0.107 e. The zero-order valence-corrected chi connectivity index (χ0v) is 12.6. The van der Waals surface area contributed by atoms with Gasteiger partial charge in [0.15, 0.2) is 0 Å². The van der Waals surface area contributed by atoms with E-state index in [4.69, 9.17) is 34.3 Å².